The summed E-state index contributed by atoms with van der Waals surface area (Å²) in [4.78, 5) is 24.4. The largest absolute Gasteiger partial charge is 0.483 e. The third kappa shape index (κ3) is 4.31. The Balaban J connectivity index is 1.79. The highest BCUT2D eigenvalue weighted by Gasteiger charge is 2.15. The van der Waals surface area contributed by atoms with Gasteiger partial charge < -0.3 is 19.6 Å². The van der Waals surface area contributed by atoms with Crippen LogP contribution in [0.25, 0.3) is 21.7 Å². The minimum atomic E-state index is -0.402. The van der Waals surface area contributed by atoms with Crippen LogP contribution in [0.5, 0.6) is 5.75 Å². The predicted molar refractivity (Wildman–Crippen MR) is 112 cm³/mol. The van der Waals surface area contributed by atoms with Crippen molar-refractivity contribution in [2.24, 2.45) is 0 Å². The van der Waals surface area contributed by atoms with Gasteiger partial charge in [-0.3, -0.25) is 4.79 Å². The normalized spacial score (nSPS) is 12.2. The van der Waals surface area contributed by atoms with Gasteiger partial charge in [0.25, 0.3) is 5.91 Å². The lowest BCUT2D eigenvalue weighted by molar-refractivity contribution is -0.124. The van der Waals surface area contributed by atoms with Gasteiger partial charge in [0, 0.05) is 10.9 Å². The van der Waals surface area contributed by atoms with Crippen molar-refractivity contribution >= 4 is 39.4 Å². The zero-order valence-corrected chi connectivity index (χ0v) is 16.7. The van der Waals surface area contributed by atoms with Gasteiger partial charge in [0.2, 0.25) is 0 Å². The molecule has 0 unspecified atom stereocenters. The second-order valence-electron chi connectivity index (χ2n) is 6.52. The van der Waals surface area contributed by atoms with E-state index in [1.54, 1.807) is 36.9 Å². The molecule has 0 aliphatic carbocycles. The number of ether oxygens (including phenoxy) is 1. The monoisotopic (exact) mass is 401 g/mol. The van der Waals surface area contributed by atoms with Crippen molar-refractivity contribution in [1.29, 1.82) is 0 Å². The Morgan fingerprint density at radius 2 is 1.96 bits per heavy atom. The van der Waals surface area contributed by atoms with Crippen LogP contribution < -0.4 is 15.7 Å². The number of hydrogen-bond acceptors (Lipinski definition) is 6. The fourth-order valence-corrected chi connectivity index (χ4v) is 3.62. The number of thioether (sulfide) groups is 1. The lowest BCUT2D eigenvalue weighted by Gasteiger charge is -2.16. The third-order valence-electron chi connectivity index (χ3n) is 4.60. The average molecular weight is 401 g/mol. The van der Waals surface area contributed by atoms with E-state index in [1.165, 1.54) is 0 Å². The number of benzene rings is 2. The summed E-state index contributed by atoms with van der Waals surface area (Å²) < 4.78 is 11.2. The minimum absolute atomic E-state index is 0.112. The van der Waals surface area contributed by atoms with E-state index in [-0.39, 0.29) is 25.2 Å². The molecule has 0 radical (unpaired) electrons. The summed E-state index contributed by atoms with van der Waals surface area (Å²) in [6, 6.07) is 10.6. The summed E-state index contributed by atoms with van der Waals surface area (Å²) in [6.07, 6.45) is 2.67. The number of nitrogens with one attached hydrogen (secondary N) is 1. The Kier molecular flexibility index (Phi) is 6.59. The molecule has 0 bridgehead atoms. The summed E-state index contributed by atoms with van der Waals surface area (Å²) in [7, 11) is 0. The fourth-order valence-electron chi connectivity index (χ4n) is 3.10. The van der Waals surface area contributed by atoms with Crippen LogP contribution in [0.4, 0.5) is 0 Å². The van der Waals surface area contributed by atoms with Gasteiger partial charge in [-0.15, -0.1) is 0 Å². The number of aryl methyl sites for hydroxylation is 1. The van der Waals surface area contributed by atoms with Gasteiger partial charge in [0.15, 0.2) is 6.61 Å². The van der Waals surface area contributed by atoms with Gasteiger partial charge in [-0.2, -0.15) is 11.8 Å². The van der Waals surface area contributed by atoms with Gasteiger partial charge in [0.1, 0.15) is 11.3 Å². The fraction of sp³-hybridized carbons (Fsp3) is 0.333. The first-order valence-corrected chi connectivity index (χ1v) is 10.4. The maximum atomic E-state index is 12.3. The third-order valence-corrected chi connectivity index (χ3v) is 5.25. The van der Waals surface area contributed by atoms with Gasteiger partial charge in [0.05, 0.1) is 18.0 Å². The van der Waals surface area contributed by atoms with Crippen LogP contribution in [0.3, 0.4) is 0 Å². The highest BCUT2D eigenvalue weighted by atomic mass is 32.2. The topological polar surface area (TPSA) is 88.8 Å². The van der Waals surface area contributed by atoms with E-state index in [0.29, 0.717) is 28.7 Å². The molecule has 0 fully saturated rings. The number of aliphatic hydroxyl groups excluding tert-OH is 1. The molecule has 1 heterocycles. The molecule has 0 aliphatic heterocycles. The van der Waals surface area contributed by atoms with Crippen LogP contribution in [-0.2, 0) is 4.79 Å². The van der Waals surface area contributed by atoms with E-state index in [0.717, 1.165) is 16.5 Å². The summed E-state index contributed by atoms with van der Waals surface area (Å²) in [5, 5.41) is 14.3. The van der Waals surface area contributed by atoms with Crippen molar-refractivity contribution in [3.8, 4) is 5.75 Å². The highest BCUT2D eigenvalue weighted by molar-refractivity contribution is 7.98. The molecule has 0 saturated heterocycles. The molecule has 3 rings (SSSR count). The lowest BCUT2D eigenvalue weighted by Crippen LogP contribution is -2.40. The molecule has 2 aromatic carbocycles. The number of fused-ring (bicyclic) bond motifs is 3. The summed E-state index contributed by atoms with van der Waals surface area (Å²) >= 11 is 1.66. The Hall–Kier alpha value is -2.51. The first kappa shape index (κ1) is 20.2. The van der Waals surface area contributed by atoms with E-state index in [2.05, 4.69) is 5.32 Å². The Morgan fingerprint density at radius 1 is 1.21 bits per heavy atom. The summed E-state index contributed by atoms with van der Waals surface area (Å²) in [5.41, 5.74) is 0.713. The van der Waals surface area contributed by atoms with E-state index in [4.69, 9.17) is 9.15 Å². The van der Waals surface area contributed by atoms with Crippen LogP contribution in [0.1, 0.15) is 12.0 Å². The number of aliphatic hydroxyl groups is 1. The van der Waals surface area contributed by atoms with E-state index < -0.39 is 5.63 Å². The zero-order valence-electron chi connectivity index (χ0n) is 15.9. The standard InChI is InChI=1S/C21H23NO5S/c1-13-18(26-12-19(24)22-14(11-23)9-10-28-2)8-7-16-15-5-3-4-6-17(15)21(25)27-20(13)16/h3-8,14,23H,9-12H2,1-2H3,(H,22,24)/t14-/m1/s1. The SMILES string of the molecule is CSCC[C@H](CO)NC(=O)COc1ccc2c(oc(=O)c3ccccc32)c1C. The van der Waals surface area contributed by atoms with Crippen molar-refractivity contribution in [3.63, 3.8) is 0 Å². The molecule has 3 aromatic rings. The number of rotatable bonds is 8. The van der Waals surface area contributed by atoms with E-state index >= 15 is 0 Å². The van der Waals surface area contributed by atoms with Gasteiger partial charge in [-0.1, -0.05) is 18.2 Å². The minimum Gasteiger partial charge on any atom is -0.483 e. The molecule has 1 amide bonds. The molecule has 1 atom stereocenters. The van der Waals surface area contributed by atoms with Crippen molar-refractivity contribution in [1.82, 2.24) is 5.32 Å². The quantitative estimate of drug-likeness (QED) is 0.446. The molecule has 0 saturated carbocycles. The maximum absolute atomic E-state index is 12.3. The molecule has 7 heteroatoms. The second-order valence-corrected chi connectivity index (χ2v) is 7.50. The van der Waals surface area contributed by atoms with Crippen molar-refractivity contribution in [3.05, 3.63) is 52.4 Å². The summed E-state index contributed by atoms with van der Waals surface area (Å²) in [6.45, 7) is 1.50. The Labute approximate surface area is 166 Å². The van der Waals surface area contributed by atoms with Crippen LogP contribution >= 0.6 is 11.8 Å². The molecular weight excluding hydrogens is 378 g/mol. The lowest BCUT2D eigenvalue weighted by atomic mass is 10.0. The number of carbonyl (C=O) groups excluding carboxylic acids is 1. The van der Waals surface area contributed by atoms with Crippen molar-refractivity contribution in [2.75, 3.05) is 25.2 Å². The van der Waals surface area contributed by atoms with Gasteiger partial charge in [-0.25, -0.2) is 4.79 Å². The Morgan fingerprint density at radius 3 is 2.68 bits per heavy atom. The van der Waals surface area contributed by atoms with E-state index in [1.807, 2.05) is 24.5 Å². The van der Waals surface area contributed by atoms with Crippen LogP contribution in [0, 0.1) is 6.92 Å². The first-order chi connectivity index (χ1) is 13.5. The smallest absolute Gasteiger partial charge is 0.344 e. The van der Waals surface area contributed by atoms with Crippen LogP contribution in [-0.4, -0.2) is 42.3 Å². The summed E-state index contributed by atoms with van der Waals surface area (Å²) in [5.74, 6) is 1.02. The molecule has 1 aromatic heterocycles. The van der Waals surface area contributed by atoms with Crippen LogP contribution in [0.2, 0.25) is 0 Å². The maximum Gasteiger partial charge on any atom is 0.344 e. The molecule has 0 aliphatic rings. The van der Waals surface area contributed by atoms with Crippen LogP contribution in [0.15, 0.2) is 45.6 Å². The molecule has 2 N–H and O–H groups in total. The predicted octanol–water partition coefficient (Wildman–Crippen LogP) is 2.86. The number of hydrogen-bond donors (Lipinski definition) is 2. The van der Waals surface area contributed by atoms with E-state index in [9.17, 15) is 14.7 Å². The van der Waals surface area contributed by atoms with Crippen molar-refractivity contribution < 1.29 is 19.1 Å². The number of carbonyl (C=O) groups is 1. The second kappa shape index (κ2) is 9.12. The molecule has 0 spiro atoms. The van der Waals surface area contributed by atoms with Gasteiger partial charge >= 0.3 is 5.63 Å². The molecular formula is C21H23NO5S. The Bertz CT molecular complexity index is 1050. The molecule has 6 nitrogen and oxygen atoms in total. The first-order valence-electron chi connectivity index (χ1n) is 9.02. The zero-order chi connectivity index (χ0) is 20.1. The molecule has 148 valence electrons. The highest BCUT2D eigenvalue weighted by Crippen LogP contribution is 2.30. The van der Waals surface area contributed by atoms with Gasteiger partial charge in [-0.05, 0) is 48.9 Å². The number of amides is 1. The average Bonchev–Trinajstić information content (AvgIpc) is 2.71. The molecule has 28 heavy (non-hydrogen) atoms. The van der Waals surface area contributed by atoms with Crippen molar-refractivity contribution in [2.45, 2.75) is 19.4 Å².